The van der Waals surface area contributed by atoms with Crippen molar-refractivity contribution >= 4 is 33.3 Å². The van der Waals surface area contributed by atoms with Gasteiger partial charge in [-0.25, -0.2) is 4.98 Å². The highest BCUT2D eigenvalue weighted by atomic mass is 32.1. The van der Waals surface area contributed by atoms with E-state index in [-0.39, 0.29) is 17.0 Å². The van der Waals surface area contributed by atoms with E-state index >= 15 is 0 Å². The summed E-state index contributed by atoms with van der Waals surface area (Å²) >= 11 is 1.32. The van der Waals surface area contributed by atoms with Crippen molar-refractivity contribution in [1.82, 2.24) is 14.5 Å². The van der Waals surface area contributed by atoms with Gasteiger partial charge in [-0.2, -0.15) is 5.26 Å². The van der Waals surface area contributed by atoms with Gasteiger partial charge in [0.1, 0.15) is 6.07 Å². The average Bonchev–Trinajstić information content (AvgIpc) is 3.32. The third-order valence-electron chi connectivity index (χ3n) is 4.20. The number of nitriles is 1. The highest BCUT2D eigenvalue weighted by Gasteiger charge is 2.14. The summed E-state index contributed by atoms with van der Waals surface area (Å²) in [5.74, 6) is -0.389. The maximum Gasteiger partial charge on any atom is 0.257 e. The van der Waals surface area contributed by atoms with E-state index in [4.69, 9.17) is 0 Å². The Morgan fingerprint density at radius 1 is 1.33 bits per heavy atom. The minimum absolute atomic E-state index is 0.255. The number of aryl methyl sites for hydroxylation is 1. The number of aromatic amines is 1. The summed E-state index contributed by atoms with van der Waals surface area (Å²) in [5, 5.41) is 13.3. The number of pyridine rings is 1. The molecule has 0 fully saturated rings. The molecular weight excluding hydrogens is 362 g/mol. The van der Waals surface area contributed by atoms with Crippen LogP contribution < -0.4 is 10.9 Å². The van der Waals surface area contributed by atoms with Crippen molar-refractivity contribution in [2.75, 3.05) is 5.32 Å². The van der Waals surface area contributed by atoms with Crippen molar-refractivity contribution in [1.29, 1.82) is 5.26 Å². The zero-order valence-corrected chi connectivity index (χ0v) is 15.0. The van der Waals surface area contributed by atoms with Gasteiger partial charge in [-0.1, -0.05) is 17.4 Å². The molecule has 0 spiro atoms. The van der Waals surface area contributed by atoms with Gasteiger partial charge < -0.3 is 9.55 Å². The number of nitrogens with one attached hydrogen (secondary N) is 2. The molecule has 0 aliphatic carbocycles. The topological polar surface area (TPSA) is 104 Å². The van der Waals surface area contributed by atoms with Crippen LogP contribution >= 0.6 is 11.3 Å². The van der Waals surface area contributed by atoms with E-state index in [1.807, 2.05) is 12.1 Å². The summed E-state index contributed by atoms with van der Waals surface area (Å²) in [6.45, 7) is 0. The van der Waals surface area contributed by atoms with Crippen LogP contribution in [0.5, 0.6) is 0 Å². The molecule has 0 radical (unpaired) electrons. The molecule has 7 nitrogen and oxygen atoms in total. The van der Waals surface area contributed by atoms with Crippen LogP contribution in [-0.4, -0.2) is 20.4 Å². The van der Waals surface area contributed by atoms with Crippen molar-refractivity contribution in [3.8, 4) is 16.5 Å². The minimum Gasteiger partial charge on any atom is -0.360 e. The molecule has 2 N–H and O–H groups in total. The smallest absolute Gasteiger partial charge is 0.257 e. The first kappa shape index (κ1) is 16.8. The first-order valence-electron chi connectivity index (χ1n) is 8.01. The molecule has 132 valence electrons. The van der Waals surface area contributed by atoms with Crippen LogP contribution in [0.1, 0.15) is 15.9 Å². The number of carbonyl (C=O) groups is 1. The van der Waals surface area contributed by atoms with Crippen molar-refractivity contribution in [3.05, 3.63) is 70.4 Å². The molecule has 0 saturated heterocycles. The van der Waals surface area contributed by atoms with Crippen LogP contribution in [0.3, 0.4) is 0 Å². The maximum absolute atomic E-state index is 12.3. The second-order valence-electron chi connectivity index (χ2n) is 5.89. The van der Waals surface area contributed by atoms with E-state index in [0.717, 1.165) is 21.3 Å². The maximum atomic E-state index is 12.3. The van der Waals surface area contributed by atoms with Gasteiger partial charge in [-0.05, 0) is 18.2 Å². The lowest BCUT2D eigenvalue weighted by Crippen LogP contribution is -2.19. The average molecular weight is 375 g/mol. The van der Waals surface area contributed by atoms with Crippen LogP contribution in [0, 0.1) is 11.3 Å². The Bertz CT molecular complexity index is 1280. The summed E-state index contributed by atoms with van der Waals surface area (Å²) < 4.78 is 1.39. The fourth-order valence-corrected chi connectivity index (χ4v) is 3.63. The molecule has 0 atom stereocenters. The minimum atomic E-state index is -0.389. The fourth-order valence-electron chi connectivity index (χ4n) is 2.78. The number of hydrogen-bond acceptors (Lipinski definition) is 5. The molecule has 0 unspecified atom stereocenters. The summed E-state index contributed by atoms with van der Waals surface area (Å²) in [5.41, 5.74) is 2.30. The summed E-state index contributed by atoms with van der Waals surface area (Å²) in [6.07, 6.45) is 5.01. The summed E-state index contributed by atoms with van der Waals surface area (Å²) in [7, 11) is 1.62. The summed E-state index contributed by atoms with van der Waals surface area (Å²) in [4.78, 5) is 32.2. The second kappa shape index (κ2) is 6.55. The van der Waals surface area contributed by atoms with Crippen LogP contribution in [-0.2, 0) is 7.05 Å². The quantitative estimate of drug-likeness (QED) is 0.574. The van der Waals surface area contributed by atoms with Crippen molar-refractivity contribution in [2.45, 2.75) is 0 Å². The van der Waals surface area contributed by atoms with Crippen molar-refractivity contribution in [3.63, 3.8) is 0 Å². The highest BCUT2D eigenvalue weighted by molar-refractivity contribution is 7.19. The molecule has 27 heavy (non-hydrogen) atoms. The van der Waals surface area contributed by atoms with E-state index in [1.165, 1.54) is 22.0 Å². The van der Waals surface area contributed by atoms with Crippen LogP contribution in [0.4, 0.5) is 5.13 Å². The van der Waals surface area contributed by atoms with Crippen LogP contribution in [0.25, 0.3) is 21.3 Å². The van der Waals surface area contributed by atoms with E-state index < -0.39 is 0 Å². The predicted molar refractivity (Wildman–Crippen MR) is 104 cm³/mol. The van der Waals surface area contributed by atoms with Crippen molar-refractivity contribution < 1.29 is 4.79 Å². The van der Waals surface area contributed by atoms with Gasteiger partial charge in [0.25, 0.3) is 11.5 Å². The lowest BCUT2D eigenvalue weighted by molar-refractivity contribution is 0.102. The first-order chi connectivity index (χ1) is 13.1. The van der Waals surface area contributed by atoms with Crippen LogP contribution in [0.2, 0.25) is 0 Å². The molecule has 0 aliphatic rings. The lowest BCUT2D eigenvalue weighted by atomic mass is 10.1. The molecular formula is C19H13N5O2S. The molecule has 3 aromatic heterocycles. The zero-order chi connectivity index (χ0) is 19.0. The van der Waals surface area contributed by atoms with Gasteiger partial charge in [0, 0.05) is 48.2 Å². The largest absolute Gasteiger partial charge is 0.360 e. The Labute approximate surface area is 157 Å². The SMILES string of the molecule is Cn1ccc(C(=O)Nc2ncc(-c3ccc(C#N)c4[nH]ccc34)s2)cc1=O. The lowest BCUT2D eigenvalue weighted by Gasteiger charge is -2.03. The van der Waals surface area contributed by atoms with Gasteiger partial charge in [0.15, 0.2) is 5.13 Å². The fraction of sp³-hybridized carbons (Fsp3) is 0.0526. The molecule has 4 aromatic rings. The normalized spacial score (nSPS) is 10.7. The number of thiazole rings is 1. The van der Waals surface area contributed by atoms with Crippen LogP contribution in [0.15, 0.2) is 53.7 Å². The highest BCUT2D eigenvalue weighted by Crippen LogP contribution is 2.35. The third-order valence-corrected chi connectivity index (χ3v) is 5.15. The van der Waals surface area contributed by atoms with Crippen molar-refractivity contribution in [2.24, 2.45) is 7.05 Å². The molecule has 1 aromatic carbocycles. The number of aromatic nitrogens is 3. The molecule has 4 rings (SSSR count). The van der Waals surface area contributed by atoms with Gasteiger partial charge in [-0.3, -0.25) is 14.9 Å². The van der Waals surface area contributed by atoms with E-state index in [1.54, 1.807) is 37.8 Å². The number of benzene rings is 1. The molecule has 0 saturated carbocycles. The third kappa shape index (κ3) is 3.01. The van der Waals surface area contributed by atoms with E-state index in [2.05, 4.69) is 21.4 Å². The molecule has 1 amide bonds. The predicted octanol–water partition coefficient (Wildman–Crippen LogP) is 3.11. The van der Waals surface area contributed by atoms with Gasteiger partial charge in [-0.15, -0.1) is 0 Å². The van der Waals surface area contributed by atoms with Gasteiger partial charge >= 0.3 is 0 Å². The monoisotopic (exact) mass is 375 g/mol. The first-order valence-corrected chi connectivity index (χ1v) is 8.83. The Balaban J connectivity index is 1.64. The number of rotatable bonds is 3. The zero-order valence-electron chi connectivity index (χ0n) is 14.2. The Morgan fingerprint density at radius 3 is 2.96 bits per heavy atom. The molecule has 8 heteroatoms. The Morgan fingerprint density at radius 2 is 2.19 bits per heavy atom. The Hall–Kier alpha value is -3.70. The number of H-pyrrole nitrogens is 1. The second-order valence-corrected chi connectivity index (χ2v) is 6.92. The molecule has 0 bridgehead atoms. The number of anilines is 1. The molecule has 0 aliphatic heterocycles. The number of nitrogens with zero attached hydrogens (tertiary/aromatic N) is 3. The van der Waals surface area contributed by atoms with E-state index in [9.17, 15) is 14.9 Å². The van der Waals surface area contributed by atoms with Gasteiger partial charge in [0.05, 0.1) is 16.0 Å². The number of carbonyl (C=O) groups excluding carboxylic acids is 1. The number of fused-ring (bicyclic) bond motifs is 1. The Kier molecular flexibility index (Phi) is 4.06. The van der Waals surface area contributed by atoms with Gasteiger partial charge in [0.2, 0.25) is 0 Å². The van der Waals surface area contributed by atoms with E-state index in [0.29, 0.717) is 10.7 Å². The molecule has 3 heterocycles. The summed E-state index contributed by atoms with van der Waals surface area (Å²) in [6, 6.07) is 10.6. The number of amides is 1. The standard InChI is InChI=1S/C19H13N5O2S/c1-24-7-5-11(8-16(24)25)18(26)23-19-22-10-15(27-19)13-3-2-12(9-20)17-14(13)4-6-21-17/h2-8,10,21H,1H3,(H,22,23,26). The number of hydrogen-bond donors (Lipinski definition) is 2.